The molecule has 86 valence electrons. The third-order valence-electron chi connectivity index (χ3n) is 1.75. The summed E-state index contributed by atoms with van der Waals surface area (Å²) in [6.45, 7) is 0. The van der Waals surface area contributed by atoms with Gasteiger partial charge >= 0.3 is 0 Å². The molecule has 0 unspecified atom stereocenters. The van der Waals surface area contributed by atoms with E-state index in [4.69, 9.17) is 15.3 Å². The van der Waals surface area contributed by atoms with Crippen molar-refractivity contribution in [3.8, 4) is 17.9 Å². The normalized spacial score (nSPS) is 8.76. The van der Waals surface area contributed by atoms with Crippen molar-refractivity contribution in [1.29, 1.82) is 10.5 Å². The average molecular weight is 344 g/mol. The molecule has 1 aromatic rings. The van der Waals surface area contributed by atoms with E-state index in [1.165, 1.54) is 13.2 Å². The Bertz CT molecular complexity index is 528. The molecule has 1 rings (SSSR count). The highest BCUT2D eigenvalue weighted by molar-refractivity contribution is 14.1. The van der Waals surface area contributed by atoms with E-state index < -0.39 is 5.82 Å². The van der Waals surface area contributed by atoms with Gasteiger partial charge in [-0.05, 0) is 34.7 Å². The lowest BCUT2D eigenvalue weighted by Crippen LogP contribution is -2.00. The molecule has 0 aliphatic heterocycles. The molecule has 0 saturated carbocycles. The smallest absolute Gasteiger partial charge is 0.237 e. The largest absolute Gasteiger partial charge is 0.491 e. The molecule has 0 aromatic heterocycles. The molecule has 0 aliphatic carbocycles. The summed E-state index contributed by atoms with van der Waals surface area (Å²) < 4.78 is 18.9. The zero-order chi connectivity index (χ0) is 12.8. The summed E-state index contributed by atoms with van der Waals surface area (Å²) in [5, 5.41) is 20.5. The number of nitriles is 2. The number of halogens is 2. The molecule has 0 amide bonds. The maximum absolute atomic E-state index is 13.6. The Labute approximate surface area is 111 Å². The molecule has 0 fully saturated rings. The number of hydrogen-bond donors (Lipinski definition) is 1. The van der Waals surface area contributed by atoms with Gasteiger partial charge in [-0.25, -0.2) is 4.39 Å². The van der Waals surface area contributed by atoms with Crippen LogP contribution in [0.4, 0.5) is 10.1 Å². The van der Waals surface area contributed by atoms with Crippen LogP contribution in [0.25, 0.3) is 0 Å². The minimum atomic E-state index is -0.524. The van der Waals surface area contributed by atoms with Crippen LogP contribution in [-0.2, 0) is 0 Å². The second-order valence-electron chi connectivity index (χ2n) is 2.74. The summed E-state index contributed by atoms with van der Waals surface area (Å²) in [6, 6.07) is 6.22. The minimum Gasteiger partial charge on any atom is -0.491 e. The van der Waals surface area contributed by atoms with Crippen LogP contribution in [0.3, 0.4) is 0 Å². The van der Waals surface area contributed by atoms with Crippen LogP contribution >= 0.6 is 22.6 Å². The topological polar surface area (TPSA) is 81.2 Å². The van der Waals surface area contributed by atoms with Crippen LogP contribution < -0.4 is 10.2 Å². The quantitative estimate of drug-likeness (QED) is 0.518. The van der Waals surface area contributed by atoms with E-state index in [0.717, 1.165) is 0 Å². The first-order valence-corrected chi connectivity index (χ1v) is 5.37. The number of benzene rings is 1. The molecule has 5 nitrogen and oxygen atoms in total. The monoisotopic (exact) mass is 344 g/mol. The van der Waals surface area contributed by atoms with Gasteiger partial charge in [0, 0.05) is 0 Å². The lowest BCUT2D eigenvalue weighted by atomic mass is 10.3. The first kappa shape index (κ1) is 13.2. The third kappa shape index (κ3) is 3.04. The van der Waals surface area contributed by atoms with Gasteiger partial charge in [0.2, 0.25) is 5.71 Å². The van der Waals surface area contributed by atoms with Crippen LogP contribution in [0.2, 0.25) is 0 Å². The van der Waals surface area contributed by atoms with Crippen LogP contribution in [0.5, 0.6) is 5.75 Å². The van der Waals surface area contributed by atoms with Gasteiger partial charge in [0.15, 0.2) is 11.6 Å². The molecule has 1 aromatic carbocycles. The number of hydrogen-bond acceptors (Lipinski definition) is 5. The third-order valence-corrected chi connectivity index (χ3v) is 2.59. The van der Waals surface area contributed by atoms with Crippen molar-refractivity contribution < 1.29 is 9.13 Å². The zero-order valence-electron chi connectivity index (χ0n) is 8.66. The number of methoxy groups -OCH3 is 1. The Morgan fingerprint density at radius 2 is 2.12 bits per heavy atom. The molecule has 17 heavy (non-hydrogen) atoms. The second-order valence-corrected chi connectivity index (χ2v) is 3.90. The van der Waals surface area contributed by atoms with Gasteiger partial charge in [-0.15, -0.1) is 0 Å². The fourth-order valence-electron chi connectivity index (χ4n) is 1.01. The number of rotatable bonds is 3. The highest BCUT2D eigenvalue weighted by Gasteiger charge is 2.12. The van der Waals surface area contributed by atoms with Gasteiger partial charge in [-0.1, -0.05) is 0 Å². The summed E-state index contributed by atoms with van der Waals surface area (Å²) in [5.41, 5.74) is 2.30. The maximum atomic E-state index is 13.6. The van der Waals surface area contributed by atoms with Gasteiger partial charge in [0.25, 0.3) is 0 Å². The number of hydrazone groups is 1. The predicted octanol–water partition coefficient (Wildman–Crippen LogP) is 2.25. The highest BCUT2D eigenvalue weighted by Crippen LogP contribution is 2.30. The first-order chi connectivity index (χ1) is 8.13. The van der Waals surface area contributed by atoms with E-state index in [-0.39, 0.29) is 17.1 Å². The SMILES string of the molecule is COc1c(NN=C(C#N)C#N)ccc(I)c1F. The van der Waals surface area contributed by atoms with Gasteiger partial charge in [0.1, 0.15) is 17.8 Å². The number of ether oxygens (including phenoxy) is 1. The Morgan fingerprint density at radius 3 is 2.65 bits per heavy atom. The number of nitrogens with one attached hydrogen (secondary N) is 1. The molecule has 0 atom stereocenters. The molecule has 0 heterocycles. The van der Waals surface area contributed by atoms with Gasteiger partial charge in [0.05, 0.1) is 10.7 Å². The highest BCUT2D eigenvalue weighted by atomic mass is 127. The lowest BCUT2D eigenvalue weighted by molar-refractivity contribution is 0.387. The minimum absolute atomic E-state index is 0.0177. The summed E-state index contributed by atoms with van der Waals surface area (Å²) in [4.78, 5) is 0. The Hall–Kier alpha value is -1.87. The van der Waals surface area contributed by atoms with Crippen molar-refractivity contribution in [3.63, 3.8) is 0 Å². The summed E-state index contributed by atoms with van der Waals surface area (Å²) in [5.74, 6) is -0.542. The molecular weight excluding hydrogens is 338 g/mol. The van der Waals surface area contributed by atoms with Crippen molar-refractivity contribution in [2.24, 2.45) is 5.10 Å². The van der Waals surface area contributed by atoms with E-state index in [1.54, 1.807) is 18.2 Å². The van der Waals surface area contributed by atoms with E-state index >= 15 is 0 Å². The fourth-order valence-corrected chi connectivity index (χ4v) is 1.44. The number of nitrogens with zero attached hydrogens (tertiary/aromatic N) is 3. The van der Waals surface area contributed by atoms with Crippen LogP contribution in [0, 0.1) is 32.0 Å². The predicted molar refractivity (Wildman–Crippen MR) is 68.0 cm³/mol. The zero-order valence-corrected chi connectivity index (χ0v) is 10.8. The lowest BCUT2D eigenvalue weighted by Gasteiger charge is -2.09. The second kappa shape index (κ2) is 6.01. The van der Waals surface area contributed by atoms with E-state index in [2.05, 4.69) is 10.5 Å². The Balaban J connectivity index is 3.10. The van der Waals surface area contributed by atoms with Crippen LogP contribution in [0.1, 0.15) is 0 Å². The molecule has 0 aliphatic rings. The molecule has 0 spiro atoms. The summed E-state index contributed by atoms with van der Waals surface area (Å²) in [6.07, 6.45) is 0. The van der Waals surface area contributed by atoms with Crippen molar-refractivity contribution >= 4 is 34.0 Å². The van der Waals surface area contributed by atoms with Crippen LogP contribution in [-0.4, -0.2) is 12.8 Å². The van der Waals surface area contributed by atoms with Gasteiger partial charge < -0.3 is 4.74 Å². The average Bonchev–Trinajstić information content (AvgIpc) is 2.35. The molecule has 7 heteroatoms. The van der Waals surface area contributed by atoms with Gasteiger partial charge in [-0.2, -0.15) is 15.6 Å². The standard InChI is InChI=1S/C10H6FIN4O/c1-17-10-8(3-2-7(12)9(10)11)16-15-6(4-13)5-14/h2-3,16H,1H3. The Kier molecular flexibility index (Phi) is 4.67. The maximum Gasteiger partial charge on any atom is 0.237 e. The van der Waals surface area contributed by atoms with Crippen LogP contribution in [0.15, 0.2) is 17.2 Å². The van der Waals surface area contributed by atoms with E-state index in [9.17, 15) is 4.39 Å². The van der Waals surface area contributed by atoms with Crippen molar-refractivity contribution in [1.82, 2.24) is 0 Å². The summed E-state index contributed by atoms with van der Waals surface area (Å²) in [7, 11) is 1.32. The van der Waals surface area contributed by atoms with Crippen molar-refractivity contribution in [2.75, 3.05) is 12.5 Å². The number of anilines is 1. The fraction of sp³-hybridized carbons (Fsp3) is 0.100. The van der Waals surface area contributed by atoms with E-state index in [1.807, 2.05) is 22.6 Å². The van der Waals surface area contributed by atoms with Gasteiger partial charge in [-0.3, -0.25) is 5.43 Å². The van der Waals surface area contributed by atoms with E-state index in [0.29, 0.717) is 3.57 Å². The molecule has 0 bridgehead atoms. The Morgan fingerprint density at radius 1 is 1.47 bits per heavy atom. The van der Waals surface area contributed by atoms with Crippen molar-refractivity contribution in [3.05, 3.63) is 21.5 Å². The molecule has 1 N–H and O–H groups in total. The van der Waals surface area contributed by atoms with Crippen molar-refractivity contribution in [2.45, 2.75) is 0 Å². The molecular formula is C10H6FIN4O. The molecule has 0 saturated heterocycles. The molecule has 0 radical (unpaired) electrons. The first-order valence-electron chi connectivity index (χ1n) is 4.30. The summed E-state index contributed by atoms with van der Waals surface area (Å²) >= 11 is 1.82.